The predicted octanol–water partition coefficient (Wildman–Crippen LogP) is 2.53. The maximum atomic E-state index is 12.1. The summed E-state index contributed by atoms with van der Waals surface area (Å²) in [5.41, 5.74) is 1.15. The normalized spacial score (nSPS) is 25.9. The number of carbonyl (C=O) groups is 2. The second kappa shape index (κ2) is 5.20. The quantitative estimate of drug-likeness (QED) is 0.867. The summed E-state index contributed by atoms with van der Waals surface area (Å²) in [4.78, 5) is 23.2. The average molecular weight is 338 g/mol. The Kier molecular flexibility index (Phi) is 3.54. The first-order valence-corrected chi connectivity index (χ1v) is 7.64. The van der Waals surface area contributed by atoms with Crippen LogP contribution in [0.25, 0.3) is 0 Å². The van der Waals surface area contributed by atoms with Gasteiger partial charge in [0.25, 0.3) is 0 Å². The number of carboxylic acids is 1. The van der Waals surface area contributed by atoms with Crippen molar-refractivity contribution >= 4 is 27.8 Å². The standard InChI is InChI=1S/C15H16BrNO3/c16-10-5-3-8(4-6-10)11-7-12(11)14(18)17-13(15(19)20)9-1-2-9/h3-6,9,11-13H,1-2,7H2,(H,17,18)(H,19,20). The van der Waals surface area contributed by atoms with Crippen molar-refractivity contribution < 1.29 is 14.7 Å². The van der Waals surface area contributed by atoms with Crippen molar-refractivity contribution in [3.63, 3.8) is 0 Å². The number of nitrogens with one attached hydrogen (secondary N) is 1. The molecule has 1 amide bonds. The van der Waals surface area contributed by atoms with Crippen molar-refractivity contribution in [2.24, 2.45) is 11.8 Å². The van der Waals surface area contributed by atoms with Crippen LogP contribution in [0.2, 0.25) is 0 Å². The van der Waals surface area contributed by atoms with E-state index in [0.29, 0.717) is 0 Å². The van der Waals surface area contributed by atoms with Crippen LogP contribution in [0.3, 0.4) is 0 Å². The SMILES string of the molecule is O=C(NC(C(=O)O)C1CC1)C1CC1c1ccc(Br)cc1. The van der Waals surface area contributed by atoms with Crippen LogP contribution in [0.5, 0.6) is 0 Å². The number of hydrogen-bond acceptors (Lipinski definition) is 2. The van der Waals surface area contributed by atoms with Gasteiger partial charge in [-0.1, -0.05) is 28.1 Å². The molecule has 3 rings (SSSR count). The molecule has 0 saturated heterocycles. The Morgan fingerprint density at radius 3 is 2.45 bits per heavy atom. The molecular formula is C15H16BrNO3. The molecule has 2 aliphatic rings. The van der Waals surface area contributed by atoms with Crippen LogP contribution >= 0.6 is 15.9 Å². The molecule has 20 heavy (non-hydrogen) atoms. The van der Waals surface area contributed by atoms with Gasteiger partial charge in [-0.3, -0.25) is 4.79 Å². The van der Waals surface area contributed by atoms with Gasteiger partial charge in [0, 0.05) is 10.4 Å². The Morgan fingerprint density at radius 2 is 1.90 bits per heavy atom. The van der Waals surface area contributed by atoms with Crippen molar-refractivity contribution in [1.82, 2.24) is 5.32 Å². The molecule has 4 nitrogen and oxygen atoms in total. The van der Waals surface area contributed by atoms with Gasteiger partial charge in [-0.15, -0.1) is 0 Å². The van der Waals surface area contributed by atoms with E-state index in [1.54, 1.807) is 0 Å². The minimum Gasteiger partial charge on any atom is -0.480 e. The highest BCUT2D eigenvalue weighted by molar-refractivity contribution is 9.10. The lowest BCUT2D eigenvalue weighted by molar-refractivity contribution is -0.142. The molecule has 2 fully saturated rings. The first kappa shape index (κ1) is 13.6. The number of rotatable bonds is 5. The lowest BCUT2D eigenvalue weighted by Gasteiger charge is -2.13. The van der Waals surface area contributed by atoms with E-state index in [1.807, 2.05) is 24.3 Å². The Bertz CT molecular complexity index is 539. The summed E-state index contributed by atoms with van der Waals surface area (Å²) in [5, 5.41) is 11.8. The number of amides is 1. The minimum atomic E-state index is -0.915. The van der Waals surface area contributed by atoms with Crippen molar-refractivity contribution in [3.05, 3.63) is 34.3 Å². The molecule has 0 spiro atoms. The first-order chi connectivity index (χ1) is 9.56. The van der Waals surface area contributed by atoms with Gasteiger partial charge in [-0.2, -0.15) is 0 Å². The Morgan fingerprint density at radius 1 is 1.25 bits per heavy atom. The summed E-state index contributed by atoms with van der Waals surface area (Å²) in [5.74, 6) is -0.742. The number of halogens is 1. The highest BCUT2D eigenvalue weighted by Gasteiger charge is 2.46. The molecular weight excluding hydrogens is 322 g/mol. The zero-order valence-corrected chi connectivity index (χ0v) is 12.5. The second-order valence-corrected chi connectivity index (χ2v) is 6.58. The second-order valence-electron chi connectivity index (χ2n) is 5.66. The monoisotopic (exact) mass is 337 g/mol. The van der Waals surface area contributed by atoms with Gasteiger partial charge in [0.1, 0.15) is 6.04 Å². The van der Waals surface area contributed by atoms with Crippen molar-refractivity contribution in [2.45, 2.75) is 31.2 Å². The van der Waals surface area contributed by atoms with Crippen molar-refractivity contribution in [2.75, 3.05) is 0 Å². The fourth-order valence-corrected chi connectivity index (χ4v) is 2.90. The van der Waals surface area contributed by atoms with Gasteiger partial charge in [-0.25, -0.2) is 4.79 Å². The summed E-state index contributed by atoms with van der Waals surface area (Å²) in [6.07, 6.45) is 2.61. The number of aliphatic carboxylic acids is 1. The maximum absolute atomic E-state index is 12.1. The fraction of sp³-hybridized carbons (Fsp3) is 0.467. The molecule has 1 aromatic carbocycles. The van der Waals surface area contributed by atoms with Gasteiger partial charge in [0.2, 0.25) is 5.91 Å². The van der Waals surface area contributed by atoms with E-state index >= 15 is 0 Å². The fourth-order valence-electron chi connectivity index (χ4n) is 2.63. The van der Waals surface area contributed by atoms with E-state index in [0.717, 1.165) is 29.3 Å². The molecule has 0 radical (unpaired) electrons. The minimum absolute atomic E-state index is 0.0724. The maximum Gasteiger partial charge on any atom is 0.326 e. The predicted molar refractivity (Wildman–Crippen MR) is 77.3 cm³/mol. The summed E-state index contributed by atoms with van der Waals surface area (Å²) < 4.78 is 1.02. The summed E-state index contributed by atoms with van der Waals surface area (Å²) >= 11 is 3.39. The number of benzene rings is 1. The largest absolute Gasteiger partial charge is 0.480 e. The van der Waals surface area contributed by atoms with Crippen molar-refractivity contribution in [1.29, 1.82) is 0 Å². The van der Waals surface area contributed by atoms with E-state index in [2.05, 4.69) is 21.2 Å². The highest BCUT2D eigenvalue weighted by atomic mass is 79.9. The molecule has 5 heteroatoms. The number of carbonyl (C=O) groups excluding carboxylic acids is 1. The summed E-state index contributed by atoms with van der Waals surface area (Å²) in [7, 11) is 0. The van der Waals surface area contributed by atoms with Gasteiger partial charge >= 0.3 is 5.97 Å². The lowest BCUT2D eigenvalue weighted by atomic mass is 10.1. The molecule has 2 saturated carbocycles. The third-order valence-electron chi connectivity index (χ3n) is 4.08. The number of hydrogen-bond donors (Lipinski definition) is 2. The molecule has 2 aliphatic carbocycles. The first-order valence-electron chi connectivity index (χ1n) is 6.85. The van der Waals surface area contributed by atoms with Gasteiger partial charge < -0.3 is 10.4 Å². The summed E-state index contributed by atoms with van der Waals surface area (Å²) in [6, 6.07) is 7.25. The van der Waals surface area contributed by atoms with E-state index in [4.69, 9.17) is 5.11 Å². The Labute approximate surface area is 125 Å². The van der Waals surface area contributed by atoms with Crippen LogP contribution < -0.4 is 5.32 Å². The molecule has 1 aromatic rings. The highest BCUT2D eigenvalue weighted by Crippen LogP contribution is 2.48. The number of carboxylic acid groups (broad SMARTS) is 1. The van der Waals surface area contributed by atoms with Gasteiger partial charge in [-0.05, 0) is 48.8 Å². The van der Waals surface area contributed by atoms with E-state index in [-0.39, 0.29) is 23.7 Å². The van der Waals surface area contributed by atoms with Crippen LogP contribution in [0.4, 0.5) is 0 Å². The van der Waals surface area contributed by atoms with Crippen LogP contribution in [-0.4, -0.2) is 23.0 Å². The third-order valence-corrected chi connectivity index (χ3v) is 4.61. The molecule has 106 valence electrons. The molecule has 0 heterocycles. The molecule has 3 unspecified atom stereocenters. The van der Waals surface area contributed by atoms with Gasteiger partial charge in [0.05, 0.1) is 0 Å². The smallest absolute Gasteiger partial charge is 0.326 e. The van der Waals surface area contributed by atoms with E-state index in [1.165, 1.54) is 0 Å². The van der Waals surface area contributed by atoms with E-state index < -0.39 is 12.0 Å². The molecule has 3 atom stereocenters. The van der Waals surface area contributed by atoms with Crippen LogP contribution in [0, 0.1) is 11.8 Å². The zero-order valence-electron chi connectivity index (χ0n) is 10.9. The van der Waals surface area contributed by atoms with Gasteiger partial charge in [0.15, 0.2) is 0 Å². The molecule has 2 N–H and O–H groups in total. The third kappa shape index (κ3) is 2.87. The van der Waals surface area contributed by atoms with Crippen molar-refractivity contribution in [3.8, 4) is 0 Å². The molecule has 0 bridgehead atoms. The van der Waals surface area contributed by atoms with Crippen LogP contribution in [0.15, 0.2) is 28.7 Å². The van der Waals surface area contributed by atoms with Crippen LogP contribution in [-0.2, 0) is 9.59 Å². The Hall–Kier alpha value is -1.36. The Balaban J connectivity index is 1.59. The molecule has 0 aromatic heterocycles. The van der Waals surface area contributed by atoms with E-state index in [9.17, 15) is 9.59 Å². The zero-order chi connectivity index (χ0) is 14.3. The molecule has 0 aliphatic heterocycles. The topological polar surface area (TPSA) is 66.4 Å². The lowest BCUT2D eigenvalue weighted by Crippen LogP contribution is -2.43. The van der Waals surface area contributed by atoms with Crippen LogP contribution in [0.1, 0.15) is 30.7 Å². The summed E-state index contributed by atoms with van der Waals surface area (Å²) in [6.45, 7) is 0. The average Bonchev–Trinajstić information content (AvgIpc) is 3.27.